The van der Waals surface area contributed by atoms with E-state index < -0.39 is 5.92 Å². The molecule has 3 aromatic carbocycles. The van der Waals surface area contributed by atoms with E-state index in [1.807, 2.05) is 54.6 Å². The largest absolute Gasteiger partial charge is 0.497 e. The highest BCUT2D eigenvalue weighted by molar-refractivity contribution is 7.21. The lowest BCUT2D eigenvalue weighted by Gasteiger charge is -2.17. The van der Waals surface area contributed by atoms with E-state index in [1.165, 1.54) is 5.56 Å². The number of fused-ring (bicyclic) bond motifs is 1. The highest BCUT2D eigenvalue weighted by atomic mass is 32.1. The van der Waals surface area contributed by atoms with Crippen LogP contribution in [-0.2, 0) is 9.59 Å². The number of nitrogens with zero attached hydrogens (tertiary/aromatic N) is 2. The Morgan fingerprint density at radius 2 is 1.85 bits per heavy atom. The molecular weight excluding hydrogens is 434 g/mol. The molecule has 2 amide bonds. The van der Waals surface area contributed by atoms with Crippen molar-refractivity contribution in [2.75, 3.05) is 23.9 Å². The second kappa shape index (κ2) is 8.67. The summed E-state index contributed by atoms with van der Waals surface area (Å²) < 4.78 is 6.33. The molecule has 4 aromatic rings. The van der Waals surface area contributed by atoms with Crippen LogP contribution in [0, 0.1) is 12.8 Å². The predicted molar refractivity (Wildman–Crippen MR) is 132 cm³/mol. The van der Waals surface area contributed by atoms with Crippen molar-refractivity contribution in [3.8, 4) is 16.3 Å². The van der Waals surface area contributed by atoms with Crippen LogP contribution in [0.3, 0.4) is 0 Å². The van der Waals surface area contributed by atoms with Crippen molar-refractivity contribution in [1.29, 1.82) is 0 Å². The highest BCUT2D eigenvalue weighted by Crippen LogP contribution is 2.32. The van der Waals surface area contributed by atoms with Gasteiger partial charge in [0.25, 0.3) is 0 Å². The van der Waals surface area contributed by atoms with Crippen molar-refractivity contribution in [3.63, 3.8) is 0 Å². The molecule has 1 unspecified atom stereocenters. The maximum atomic E-state index is 12.8. The molecule has 5 rings (SSSR count). The van der Waals surface area contributed by atoms with Crippen LogP contribution in [0.1, 0.15) is 12.0 Å². The molecule has 33 heavy (non-hydrogen) atoms. The van der Waals surface area contributed by atoms with E-state index in [0.29, 0.717) is 12.2 Å². The monoisotopic (exact) mass is 457 g/mol. The molecule has 1 aromatic heterocycles. The molecule has 1 N–H and O–H groups in total. The van der Waals surface area contributed by atoms with Crippen LogP contribution < -0.4 is 15.0 Å². The van der Waals surface area contributed by atoms with E-state index in [0.717, 1.165) is 32.2 Å². The molecule has 1 fully saturated rings. The Morgan fingerprint density at radius 3 is 2.58 bits per heavy atom. The van der Waals surface area contributed by atoms with Crippen LogP contribution in [0.5, 0.6) is 5.75 Å². The SMILES string of the molecule is COc1ccc(N2CC(C(=O)Nc3ccc(-c4nc5ccc(C)cc5s4)cc3)CC2=O)cc1. The minimum Gasteiger partial charge on any atom is -0.497 e. The minimum atomic E-state index is -0.397. The number of ether oxygens (including phenoxy) is 1. The second-order valence-electron chi connectivity index (χ2n) is 8.16. The van der Waals surface area contributed by atoms with Gasteiger partial charge in [-0.2, -0.15) is 0 Å². The van der Waals surface area contributed by atoms with Crippen LogP contribution in [0.25, 0.3) is 20.8 Å². The standard InChI is InChI=1S/C26H23N3O3S/c1-16-3-12-22-23(13-16)33-26(28-22)17-4-6-19(7-5-17)27-25(31)18-14-24(30)29(15-18)20-8-10-21(32-2)11-9-20/h3-13,18H,14-15H2,1-2H3,(H,27,31). The molecule has 6 nitrogen and oxygen atoms in total. The third-order valence-corrected chi connectivity index (χ3v) is 6.89. The fraction of sp³-hybridized carbons (Fsp3) is 0.192. The van der Waals surface area contributed by atoms with Gasteiger partial charge in [-0.25, -0.2) is 4.98 Å². The normalized spacial score (nSPS) is 15.8. The number of thiazole rings is 1. The summed E-state index contributed by atoms with van der Waals surface area (Å²) >= 11 is 1.66. The molecule has 0 spiro atoms. The second-order valence-corrected chi connectivity index (χ2v) is 9.19. The zero-order chi connectivity index (χ0) is 22.9. The van der Waals surface area contributed by atoms with E-state index in [9.17, 15) is 9.59 Å². The van der Waals surface area contributed by atoms with E-state index in [-0.39, 0.29) is 18.2 Å². The average Bonchev–Trinajstić information content (AvgIpc) is 3.43. The predicted octanol–water partition coefficient (Wildman–Crippen LogP) is 5.27. The summed E-state index contributed by atoms with van der Waals surface area (Å²) in [5, 5.41) is 3.90. The Bertz CT molecular complexity index is 1330. The molecule has 0 bridgehead atoms. The molecule has 1 atom stereocenters. The molecule has 1 saturated heterocycles. The van der Waals surface area contributed by atoms with Gasteiger partial charge in [-0.3, -0.25) is 9.59 Å². The van der Waals surface area contributed by atoms with Gasteiger partial charge in [0.1, 0.15) is 10.8 Å². The van der Waals surface area contributed by atoms with Crippen molar-refractivity contribution in [1.82, 2.24) is 4.98 Å². The Labute approximate surface area is 195 Å². The number of nitrogens with one attached hydrogen (secondary N) is 1. The molecule has 0 aliphatic carbocycles. The number of hydrogen-bond acceptors (Lipinski definition) is 5. The third kappa shape index (κ3) is 4.32. The van der Waals surface area contributed by atoms with Gasteiger partial charge in [-0.1, -0.05) is 6.07 Å². The Hall–Kier alpha value is -3.71. The molecule has 2 heterocycles. The fourth-order valence-corrected chi connectivity index (χ4v) is 5.06. The van der Waals surface area contributed by atoms with Crippen LogP contribution in [0.15, 0.2) is 66.7 Å². The number of carbonyl (C=O) groups excluding carboxylic acids is 2. The van der Waals surface area contributed by atoms with Crippen LogP contribution >= 0.6 is 11.3 Å². The van der Waals surface area contributed by atoms with Gasteiger partial charge in [-0.05, 0) is 73.2 Å². The molecule has 1 aliphatic rings. The highest BCUT2D eigenvalue weighted by Gasteiger charge is 2.35. The number of benzene rings is 3. The van der Waals surface area contributed by atoms with Gasteiger partial charge >= 0.3 is 0 Å². The molecule has 166 valence electrons. The van der Waals surface area contributed by atoms with Gasteiger partial charge in [0, 0.05) is 29.9 Å². The summed E-state index contributed by atoms with van der Waals surface area (Å²) in [5.74, 6) is 0.125. The summed E-state index contributed by atoms with van der Waals surface area (Å²) in [6.07, 6.45) is 0.196. The Balaban J connectivity index is 1.25. The van der Waals surface area contributed by atoms with Crippen LogP contribution in [0.4, 0.5) is 11.4 Å². The number of amides is 2. The quantitative estimate of drug-likeness (QED) is 0.443. The van der Waals surface area contributed by atoms with E-state index >= 15 is 0 Å². The van der Waals surface area contributed by atoms with E-state index in [1.54, 1.807) is 23.3 Å². The third-order valence-electron chi connectivity index (χ3n) is 5.82. The first-order valence-electron chi connectivity index (χ1n) is 10.7. The minimum absolute atomic E-state index is 0.0539. The zero-order valence-electron chi connectivity index (χ0n) is 18.4. The number of carbonyl (C=O) groups is 2. The lowest BCUT2D eigenvalue weighted by atomic mass is 10.1. The maximum Gasteiger partial charge on any atom is 0.229 e. The number of rotatable bonds is 5. The van der Waals surface area contributed by atoms with Crippen molar-refractivity contribution in [3.05, 3.63) is 72.3 Å². The van der Waals surface area contributed by atoms with Gasteiger partial charge < -0.3 is 15.0 Å². The number of hydrogen-bond donors (Lipinski definition) is 1. The maximum absolute atomic E-state index is 12.8. The van der Waals surface area contributed by atoms with Gasteiger partial charge in [-0.15, -0.1) is 11.3 Å². The van der Waals surface area contributed by atoms with Gasteiger partial charge in [0.2, 0.25) is 11.8 Å². The molecule has 1 aliphatic heterocycles. The summed E-state index contributed by atoms with van der Waals surface area (Å²) in [5.41, 5.74) is 4.69. The first-order valence-corrected chi connectivity index (χ1v) is 11.5. The van der Waals surface area contributed by atoms with E-state index in [2.05, 4.69) is 24.4 Å². The van der Waals surface area contributed by atoms with Crippen molar-refractivity contribution in [2.24, 2.45) is 5.92 Å². The summed E-state index contributed by atoms with van der Waals surface area (Å²) in [6.45, 7) is 2.44. The molecule has 0 saturated carbocycles. The zero-order valence-corrected chi connectivity index (χ0v) is 19.2. The van der Waals surface area contributed by atoms with Crippen LogP contribution in [0.2, 0.25) is 0 Å². The Kier molecular flexibility index (Phi) is 5.56. The molecular formula is C26H23N3O3S. The molecule has 0 radical (unpaired) electrons. The van der Waals surface area contributed by atoms with Crippen molar-refractivity contribution < 1.29 is 14.3 Å². The first kappa shape index (κ1) is 21.2. The number of aromatic nitrogens is 1. The molecule has 7 heteroatoms. The smallest absolute Gasteiger partial charge is 0.229 e. The number of anilines is 2. The van der Waals surface area contributed by atoms with Crippen molar-refractivity contribution >= 4 is 44.7 Å². The lowest BCUT2D eigenvalue weighted by Crippen LogP contribution is -2.28. The fourth-order valence-electron chi connectivity index (χ4n) is 3.99. The summed E-state index contributed by atoms with van der Waals surface area (Å²) in [6, 6.07) is 21.2. The van der Waals surface area contributed by atoms with Crippen LogP contribution in [-0.4, -0.2) is 30.5 Å². The Morgan fingerprint density at radius 1 is 1.09 bits per heavy atom. The number of aryl methyl sites for hydroxylation is 1. The number of methoxy groups -OCH3 is 1. The summed E-state index contributed by atoms with van der Waals surface area (Å²) in [4.78, 5) is 31.7. The van der Waals surface area contributed by atoms with E-state index in [4.69, 9.17) is 9.72 Å². The summed E-state index contributed by atoms with van der Waals surface area (Å²) in [7, 11) is 1.60. The van der Waals surface area contributed by atoms with Crippen molar-refractivity contribution in [2.45, 2.75) is 13.3 Å². The lowest BCUT2D eigenvalue weighted by molar-refractivity contribution is -0.122. The average molecular weight is 458 g/mol. The topological polar surface area (TPSA) is 71.5 Å². The van der Waals surface area contributed by atoms with Gasteiger partial charge in [0.05, 0.1) is 23.2 Å². The first-order chi connectivity index (χ1) is 16.0. The van der Waals surface area contributed by atoms with Gasteiger partial charge in [0.15, 0.2) is 0 Å².